The lowest BCUT2D eigenvalue weighted by Crippen LogP contribution is -2.09. The minimum atomic E-state index is -0.162. The first-order valence-corrected chi connectivity index (χ1v) is 5.97. The Morgan fingerprint density at radius 3 is 2.94 bits per heavy atom. The van der Waals surface area contributed by atoms with Crippen molar-refractivity contribution in [3.8, 4) is 0 Å². The molecule has 0 saturated carbocycles. The highest BCUT2D eigenvalue weighted by Crippen LogP contribution is 2.22. The maximum atomic E-state index is 11.8. The van der Waals surface area contributed by atoms with Crippen molar-refractivity contribution in [2.45, 2.75) is 0 Å². The van der Waals surface area contributed by atoms with Crippen molar-refractivity contribution < 1.29 is 0 Å². The van der Waals surface area contributed by atoms with E-state index in [0.717, 1.165) is 10.8 Å². The van der Waals surface area contributed by atoms with Gasteiger partial charge in [-0.05, 0) is 46.2 Å². The van der Waals surface area contributed by atoms with Crippen molar-refractivity contribution in [3.63, 3.8) is 0 Å². The van der Waals surface area contributed by atoms with E-state index in [4.69, 9.17) is 5.73 Å². The first-order valence-electron chi connectivity index (χ1n) is 4.89. The third kappa shape index (κ3) is 1.64. The molecule has 3 N–H and O–H groups in total. The number of hydrogen-bond donors (Lipinski definition) is 2. The second-order valence-corrected chi connectivity index (χ2v) is 4.67. The van der Waals surface area contributed by atoms with Crippen LogP contribution in [0.4, 0.5) is 5.82 Å². The SMILES string of the molecule is Nc1nccc2cc3nc(I)[nH]c(=O)c3cc12. The number of fused-ring (bicyclic) bond motifs is 2. The molecule has 0 aliphatic rings. The average molecular weight is 338 g/mol. The Labute approximate surface area is 109 Å². The molecule has 5 nitrogen and oxygen atoms in total. The highest BCUT2D eigenvalue weighted by atomic mass is 127. The number of aromatic amines is 1. The summed E-state index contributed by atoms with van der Waals surface area (Å²) in [5, 5.41) is 2.23. The molecule has 2 aromatic heterocycles. The Bertz CT molecular complexity index is 796. The molecule has 2 heterocycles. The molecule has 1 aromatic carbocycles. The fraction of sp³-hybridized carbons (Fsp3) is 0. The summed E-state index contributed by atoms with van der Waals surface area (Å²) in [6.07, 6.45) is 1.64. The van der Waals surface area contributed by atoms with Gasteiger partial charge >= 0.3 is 0 Å². The quantitative estimate of drug-likeness (QED) is 0.371. The number of nitrogens with one attached hydrogen (secondary N) is 1. The number of rotatable bonds is 0. The molecule has 0 aliphatic carbocycles. The van der Waals surface area contributed by atoms with Gasteiger partial charge in [0, 0.05) is 11.6 Å². The smallest absolute Gasteiger partial charge is 0.259 e. The van der Waals surface area contributed by atoms with Gasteiger partial charge in [-0.2, -0.15) is 0 Å². The van der Waals surface area contributed by atoms with Gasteiger partial charge < -0.3 is 10.7 Å². The number of halogens is 1. The summed E-state index contributed by atoms with van der Waals surface area (Å²) in [7, 11) is 0. The van der Waals surface area contributed by atoms with E-state index in [0.29, 0.717) is 20.6 Å². The van der Waals surface area contributed by atoms with Crippen LogP contribution in [0.2, 0.25) is 0 Å². The van der Waals surface area contributed by atoms with Crippen LogP contribution in [-0.4, -0.2) is 15.0 Å². The van der Waals surface area contributed by atoms with Gasteiger partial charge in [0.1, 0.15) is 5.82 Å². The highest BCUT2D eigenvalue weighted by Gasteiger charge is 2.06. The van der Waals surface area contributed by atoms with Crippen molar-refractivity contribution in [2.75, 3.05) is 5.73 Å². The molecule has 0 atom stereocenters. The van der Waals surface area contributed by atoms with E-state index in [2.05, 4.69) is 15.0 Å². The standard InChI is InChI=1S/C11H7IN4O/c12-11-15-8-3-5-1-2-14-9(13)6(5)4-7(8)10(17)16-11/h1-4H,(H2,13,14)(H,15,16,17). The van der Waals surface area contributed by atoms with Crippen LogP contribution < -0.4 is 11.3 Å². The van der Waals surface area contributed by atoms with Crippen molar-refractivity contribution in [3.05, 3.63) is 38.6 Å². The average Bonchev–Trinajstić information content (AvgIpc) is 2.27. The van der Waals surface area contributed by atoms with E-state index in [1.54, 1.807) is 12.3 Å². The normalized spacial score (nSPS) is 11.1. The molecule has 0 aliphatic heterocycles. The van der Waals surface area contributed by atoms with E-state index in [9.17, 15) is 4.79 Å². The second-order valence-electron chi connectivity index (χ2n) is 3.64. The maximum absolute atomic E-state index is 11.8. The lowest BCUT2D eigenvalue weighted by Gasteiger charge is -2.03. The summed E-state index contributed by atoms with van der Waals surface area (Å²) in [5.74, 6) is 0.419. The summed E-state index contributed by atoms with van der Waals surface area (Å²) in [4.78, 5) is 22.7. The number of benzene rings is 1. The molecular weight excluding hydrogens is 331 g/mol. The predicted molar refractivity (Wildman–Crippen MR) is 74.8 cm³/mol. The zero-order valence-electron chi connectivity index (χ0n) is 8.57. The van der Waals surface area contributed by atoms with E-state index < -0.39 is 0 Å². The van der Waals surface area contributed by atoms with Crippen molar-refractivity contribution in [1.82, 2.24) is 15.0 Å². The molecule has 0 unspecified atom stereocenters. The Morgan fingerprint density at radius 2 is 2.12 bits per heavy atom. The summed E-state index contributed by atoms with van der Waals surface area (Å²) >= 11 is 1.98. The van der Waals surface area contributed by atoms with Crippen LogP contribution in [0, 0.1) is 3.83 Å². The number of anilines is 1. The van der Waals surface area contributed by atoms with Crippen LogP contribution >= 0.6 is 22.6 Å². The number of nitrogen functional groups attached to an aromatic ring is 1. The molecular formula is C11H7IN4O. The molecule has 84 valence electrons. The Morgan fingerprint density at radius 1 is 1.29 bits per heavy atom. The minimum Gasteiger partial charge on any atom is -0.383 e. The third-order valence-electron chi connectivity index (χ3n) is 2.59. The fourth-order valence-corrected chi connectivity index (χ4v) is 2.31. The molecule has 6 heteroatoms. The first kappa shape index (κ1) is 10.5. The van der Waals surface area contributed by atoms with Gasteiger partial charge in [-0.3, -0.25) is 4.79 Å². The zero-order valence-corrected chi connectivity index (χ0v) is 10.7. The minimum absolute atomic E-state index is 0.162. The largest absolute Gasteiger partial charge is 0.383 e. The summed E-state index contributed by atoms with van der Waals surface area (Å²) in [6, 6.07) is 5.43. The monoisotopic (exact) mass is 338 g/mol. The van der Waals surface area contributed by atoms with E-state index in [1.807, 2.05) is 34.7 Å². The fourth-order valence-electron chi connectivity index (χ4n) is 1.80. The number of H-pyrrole nitrogens is 1. The molecule has 17 heavy (non-hydrogen) atoms. The van der Waals surface area contributed by atoms with Gasteiger partial charge in [0.15, 0.2) is 3.83 Å². The molecule has 3 aromatic rings. The number of hydrogen-bond acceptors (Lipinski definition) is 4. The number of nitrogens with two attached hydrogens (primary N) is 1. The predicted octanol–water partition coefficient (Wildman–Crippen LogP) is 1.66. The van der Waals surface area contributed by atoms with Gasteiger partial charge in [-0.1, -0.05) is 0 Å². The molecule has 0 fully saturated rings. The number of aromatic nitrogens is 3. The third-order valence-corrected chi connectivity index (χ3v) is 3.10. The second kappa shape index (κ2) is 3.66. The van der Waals surface area contributed by atoms with Crippen molar-refractivity contribution >= 4 is 50.1 Å². The van der Waals surface area contributed by atoms with Gasteiger partial charge in [0.25, 0.3) is 5.56 Å². The van der Waals surface area contributed by atoms with Gasteiger partial charge in [0.05, 0.1) is 10.9 Å². The number of nitrogens with zero attached hydrogens (tertiary/aromatic N) is 2. The van der Waals surface area contributed by atoms with Crippen LogP contribution in [0.15, 0.2) is 29.2 Å². The van der Waals surface area contributed by atoms with Crippen molar-refractivity contribution in [2.24, 2.45) is 0 Å². The lowest BCUT2D eigenvalue weighted by atomic mass is 10.1. The topological polar surface area (TPSA) is 84.7 Å². The van der Waals surface area contributed by atoms with Crippen LogP contribution in [0.1, 0.15) is 0 Å². The van der Waals surface area contributed by atoms with Crippen LogP contribution in [0.25, 0.3) is 21.7 Å². The molecule has 0 saturated heterocycles. The molecule has 0 amide bonds. The summed E-state index contributed by atoms with van der Waals surface area (Å²) in [6.45, 7) is 0. The molecule has 0 spiro atoms. The van der Waals surface area contributed by atoms with E-state index in [-0.39, 0.29) is 5.56 Å². The van der Waals surface area contributed by atoms with Crippen LogP contribution in [0.3, 0.4) is 0 Å². The Balaban J connectivity index is 2.57. The highest BCUT2D eigenvalue weighted by molar-refractivity contribution is 14.1. The number of pyridine rings is 1. The van der Waals surface area contributed by atoms with E-state index in [1.165, 1.54) is 0 Å². The Kier molecular flexibility index (Phi) is 2.25. The van der Waals surface area contributed by atoms with Crippen LogP contribution in [0.5, 0.6) is 0 Å². The summed E-state index contributed by atoms with van der Waals surface area (Å²) < 4.78 is 0.571. The zero-order chi connectivity index (χ0) is 12.0. The Hall–Kier alpha value is -1.70. The lowest BCUT2D eigenvalue weighted by molar-refractivity contribution is 1.11. The summed E-state index contributed by atoms with van der Waals surface area (Å²) in [5.41, 5.74) is 6.28. The van der Waals surface area contributed by atoms with Crippen LogP contribution in [-0.2, 0) is 0 Å². The molecule has 0 bridgehead atoms. The van der Waals surface area contributed by atoms with Gasteiger partial charge in [-0.15, -0.1) is 0 Å². The van der Waals surface area contributed by atoms with Gasteiger partial charge in [-0.25, -0.2) is 9.97 Å². The van der Waals surface area contributed by atoms with Gasteiger partial charge in [0.2, 0.25) is 0 Å². The van der Waals surface area contributed by atoms with Crippen molar-refractivity contribution in [1.29, 1.82) is 0 Å². The molecule has 3 rings (SSSR count). The maximum Gasteiger partial charge on any atom is 0.259 e. The first-order chi connectivity index (χ1) is 8.15. The molecule has 0 radical (unpaired) electrons. The van der Waals surface area contributed by atoms with E-state index >= 15 is 0 Å².